The van der Waals surface area contributed by atoms with Gasteiger partial charge in [-0.15, -0.1) is 0 Å². The van der Waals surface area contributed by atoms with Crippen LogP contribution in [0.5, 0.6) is 5.75 Å². The van der Waals surface area contributed by atoms with E-state index in [0.29, 0.717) is 47.6 Å². The number of nitrogen functional groups attached to an aromatic ring is 1. The van der Waals surface area contributed by atoms with Gasteiger partial charge in [-0.2, -0.15) is 0 Å². The number of nitrogens with two attached hydrogens (primary N) is 1. The van der Waals surface area contributed by atoms with Crippen LogP contribution >= 0.6 is 11.6 Å². The van der Waals surface area contributed by atoms with E-state index < -0.39 is 0 Å². The molecule has 8 nitrogen and oxygen atoms in total. The molecule has 4 N–H and O–H groups in total. The van der Waals surface area contributed by atoms with Gasteiger partial charge in [-0.25, -0.2) is 0 Å². The summed E-state index contributed by atoms with van der Waals surface area (Å²) in [5, 5.41) is 6.84. The predicted octanol–water partition coefficient (Wildman–Crippen LogP) is 2.49. The Bertz CT molecular complexity index is 808. The van der Waals surface area contributed by atoms with Crippen LogP contribution in [0, 0.1) is 5.92 Å². The minimum absolute atomic E-state index is 0.0299. The van der Waals surface area contributed by atoms with E-state index in [2.05, 4.69) is 15.5 Å². The zero-order chi connectivity index (χ0) is 23.8. The number of ketones is 1. The molecule has 0 bridgehead atoms. The number of methoxy groups -OCH3 is 1. The van der Waals surface area contributed by atoms with Gasteiger partial charge in [0.1, 0.15) is 5.75 Å². The Labute approximate surface area is 201 Å². The maximum atomic E-state index is 13.1. The van der Waals surface area contributed by atoms with Crippen LogP contribution in [0.4, 0.5) is 5.69 Å². The van der Waals surface area contributed by atoms with E-state index in [9.17, 15) is 9.59 Å². The van der Waals surface area contributed by atoms with Gasteiger partial charge in [0.15, 0.2) is 5.78 Å². The van der Waals surface area contributed by atoms with Crippen molar-refractivity contribution in [2.75, 3.05) is 52.2 Å². The lowest BCUT2D eigenvalue weighted by molar-refractivity contribution is -0.128. The van der Waals surface area contributed by atoms with Gasteiger partial charge in [0, 0.05) is 38.7 Å². The van der Waals surface area contributed by atoms with Gasteiger partial charge in [-0.05, 0) is 57.7 Å². The van der Waals surface area contributed by atoms with E-state index in [0.717, 1.165) is 51.9 Å². The Morgan fingerprint density at radius 2 is 1.94 bits per heavy atom. The quantitative estimate of drug-likeness (QED) is 0.442. The average molecular weight is 481 g/mol. The molecule has 1 aromatic rings. The molecule has 1 atom stereocenters. The number of carbonyl (C=O) groups is 2. The highest BCUT2D eigenvalue weighted by molar-refractivity contribution is 6.33. The molecule has 0 aromatic heterocycles. The number of rotatable bonds is 10. The van der Waals surface area contributed by atoms with Crippen LogP contribution < -0.4 is 21.1 Å². The summed E-state index contributed by atoms with van der Waals surface area (Å²) in [4.78, 5) is 28.4. The summed E-state index contributed by atoms with van der Waals surface area (Å²) >= 11 is 6.15. The minimum atomic E-state index is -0.218. The first-order chi connectivity index (χ1) is 15.9. The lowest BCUT2D eigenvalue weighted by atomic mass is 9.84. The summed E-state index contributed by atoms with van der Waals surface area (Å²) in [5.74, 6) is 0.852. The molecule has 1 unspecified atom stereocenters. The Morgan fingerprint density at radius 3 is 2.58 bits per heavy atom. The summed E-state index contributed by atoms with van der Waals surface area (Å²) in [6, 6.07) is 3.12. The number of carbonyl (C=O) groups excluding carboxylic acids is 2. The van der Waals surface area contributed by atoms with Crippen LogP contribution in [0.25, 0.3) is 0 Å². The Morgan fingerprint density at radius 1 is 1.24 bits per heavy atom. The van der Waals surface area contributed by atoms with Gasteiger partial charge in [0.25, 0.3) is 5.91 Å². The van der Waals surface area contributed by atoms with Gasteiger partial charge >= 0.3 is 0 Å². The molecule has 0 spiro atoms. The number of nitrogens with zero attached hydrogens (tertiary/aromatic N) is 1. The number of hydrogen-bond acceptors (Lipinski definition) is 7. The SMILES string of the molecule is CCOc1cc(N)c(Cl)cc1C(=O)NC1CCN(C(C(=O)CCOC)C2CCNCC2)CC1. The Kier molecular flexibility index (Phi) is 9.79. The van der Waals surface area contributed by atoms with Crippen LogP contribution in [-0.4, -0.2) is 75.2 Å². The molecule has 3 rings (SSSR count). The molecule has 1 aromatic carbocycles. The van der Waals surface area contributed by atoms with Gasteiger partial charge in [0.05, 0.1) is 35.5 Å². The molecule has 33 heavy (non-hydrogen) atoms. The average Bonchev–Trinajstić information content (AvgIpc) is 2.82. The lowest BCUT2D eigenvalue weighted by Crippen LogP contribution is -2.54. The number of piperidine rings is 2. The highest BCUT2D eigenvalue weighted by Crippen LogP contribution is 2.30. The van der Waals surface area contributed by atoms with Crippen molar-refractivity contribution in [1.82, 2.24) is 15.5 Å². The second-order valence-corrected chi connectivity index (χ2v) is 9.24. The van der Waals surface area contributed by atoms with Crippen molar-refractivity contribution in [3.8, 4) is 5.75 Å². The van der Waals surface area contributed by atoms with Crippen LogP contribution in [0.1, 0.15) is 49.4 Å². The number of likely N-dealkylation sites (tertiary alicyclic amines) is 1. The first-order valence-electron chi connectivity index (χ1n) is 11.9. The fourth-order valence-electron chi connectivity index (χ4n) is 4.88. The normalized spacial score (nSPS) is 19.2. The first-order valence-corrected chi connectivity index (χ1v) is 12.3. The molecule has 0 saturated carbocycles. The fraction of sp³-hybridized carbons (Fsp3) is 0.667. The molecule has 0 radical (unpaired) electrons. The van der Waals surface area contributed by atoms with Crippen LogP contribution in [0.2, 0.25) is 5.02 Å². The number of benzene rings is 1. The molecule has 2 heterocycles. The van der Waals surface area contributed by atoms with E-state index in [1.54, 1.807) is 19.2 Å². The van der Waals surface area contributed by atoms with E-state index in [1.165, 1.54) is 0 Å². The molecular weight excluding hydrogens is 444 g/mol. The van der Waals surface area contributed by atoms with Crippen molar-refractivity contribution in [3.05, 3.63) is 22.7 Å². The molecule has 1 amide bonds. The summed E-state index contributed by atoms with van der Waals surface area (Å²) in [6.07, 6.45) is 4.05. The monoisotopic (exact) mass is 480 g/mol. The number of ether oxygens (including phenoxy) is 2. The second kappa shape index (κ2) is 12.6. The van der Waals surface area contributed by atoms with Crippen molar-refractivity contribution in [2.45, 2.75) is 51.1 Å². The van der Waals surface area contributed by atoms with Crippen molar-refractivity contribution in [3.63, 3.8) is 0 Å². The van der Waals surface area contributed by atoms with Crippen molar-refractivity contribution in [2.24, 2.45) is 5.92 Å². The second-order valence-electron chi connectivity index (χ2n) is 8.83. The number of nitrogens with one attached hydrogen (secondary N) is 2. The van der Waals surface area contributed by atoms with Crippen molar-refractivity contribution < 1.29 is 19.1 Å². The zero-order valence-corrected chi connectivity index (χ0v) is 20.5. The van der Waals surface area contributed by atoms with Crippen LogP contribution in [0.15, 0.2) is 12.1 Å². The number of hydrogen-bond donors (Lipinski definition) is 3. The molecule has 2 aliphatic rings. The van der Waals surface area contributed by atoms with E-state index in [4.69, 9.17) is 26.8 Å². The Hall–Kier alpha value is -1.87. The maximum Gasteiger partial charge on any atom is 0.255 e. The number of Topliss-reactive ketones (excluding diaryl/α,β-unsaturated/α-hetero) is 1. The minimum Gasteiger partial charge on any atom is -0.493 e. The molecular formula is C24H37ClN4O4. The van der Waals surface area contributed by atoms with E-state index >= 15 is 0 Å². The van der Waals surface area contributed by atoms with Gasteiger partial charge < -0.3 is 25.8 Å². The van der Waals surface area contributed by atoms with Crippen LogP contribution in [0.3, 0.4) is 0 Å². The van der Waals surface area contributed by atoms with Gasteiger partial charge in [0.2, 0.25) is 0 Å². The zero-order valence-electron chi connectivity index (χ0n) is 19.7. The summed E-state index contributed by atoms with van der Waals surface area (Å²) in [6.45, 7) is 6.20. The molecule has 2 saturated heterocycles. The maximum absolute atomic E-state index is 13.1. The summed E-state index contributed by atoms with van der Waals surface area (Å²) in [7, 11) is 1.63. The topological polar surface area (TPSA) is 106 Å². The fourth-order valence-corrected chi connectivity index (χ4v) is 5.05. The first kappa shape index (κ1) is 25.7. The van der Waals surface area contributed by atoms with Crippen molar-refractivity contribution in [1.29, 1.82) is 0 Å². The van der Waals surface area contributed by atoms with Crippen LogP contribution in [-0.2, 0) is 9.53 Å². The molecule has 184 valence electrons. The highest BCUT2D eigenvalue weighted by Gasteiger charge is 2.36. The van der Waals surface area contributed by atoms with Crippen molar-refractivity contribution >= 4 is 29.0 Å². The van der Waals surface area contributed by atoms with Gasteiger partial charge in [-0.1, -0.05) is 11.6 Å². The number of anilines is 1. The largest absolute Gasteiger partial charge is 0.493 e. The lowest BCUT2D eigenvalue weighted by Gasteiger charge is -2.41. The third-order valence-electron chi connectivity index (χ3n) is 6.61. The Balaban J connectivity index is 1.62. The summed E-state index contributed by atoms with van der Waals surface area (Å²) < 4.78 is 10.8. The smallest absolute Gasteiger partial charge is 0.255 e. The molecule has 9 heteroatoms. The molecule has 2 aliphatic heterocycles. The number of halogens is 1. The van der Waals surface area contributed by atoms with E-state index in [1.807, 2.05) is 6.92 Å². The molecule has 2 fully saturated rings. The number of amides is 1. The van der Waals surface area contributed by atoms with Gasteiger partial charge in [-0.3, -0.25) is 14.5 Å². The predicted molar refractivity (Wildman–Crippen MR) is 130 cm³/mol. The van der Waals surface area contributed by atoms with E-state index in [-0.39, 0.29) is 23.8 Å². The highest BCUT2D eigenvalue weighted by atomic mass is 35.5. The standard InChI is InChI=1S/C24H37ClN4O4/c1-3-33-22-15-20(26)19(25)14-18(22)24(31)28-17-6-11-29(12-7-17)23(21(30)8-13-32-2)16-4-9-27-10-5-16/h14-17,23,27H,3-13,26H2,1-2H3,(H,28,31). The third kappa shape index (κ3) is 6.82. The molecule has 0 aliphatic carbocycles. The summed E-state index contributed by atoms with van der Waals surface area (Å²) in [5.41, 5.74) is 6.65. The third-order valence-corrected chi connectivity index (χ3v) is 6.94.